The third-order valence-corrected chi connectivity index (χ3v) is 3.41. The van der Waals surface area contributed by atoms with Gasteiger partial charge in [0.1, 0.15) is 11.8 Å². The Morgan fingerprint density at radius 3 is 2.52 bits per heavy atom. The number of halogens is 3. The standard InChI is InChI=1S/C15H11F3N2O/c1-20-11-5-3-2-4-8(11)14(19-20)15(21)9-6-7-10(16)13(18)12(9)17/h2-7,15,21H,1H3. The molecule has 1 aromatic heterocycles. The number of hydrogen-bond acceptors (Lipinski definition) is 2. The van der Waals surface area contributed by atoms with Crippen LogP contribution in [0.1, 0.15) is 17.4 Å². The number of aryl methyl sites for hydroxylation is 1. The maximum Gasteiger partial charge on any atom is 0.194 e. The summed E-state index contributed by atoms with van der Waals surface area (Å²) in [6, 6.07) is 8.86. The van der Waals surface area contributed by atoms with E-state index in [1.807, 2.05) is 0 Å². The van der Waals surface area contributed by atoms with Gasteiger partial charge in [0.2, 0.25) is 0 Å². The Kier molecular flexibility index (Phi) is 3.17. The van der Waals surface area contributed by atoms with Crippen LogP contribution in [0.2, 0.25) is 0 Å². The lowest BCUT2D eigenvalue weighted by atomic mass is 10.0. The summed E-state index contributed by atoms with van der Waals surface area (Å²) in [6.07, 6.45) is -1.48. The predicted octanol–water partition coefficient (Wildman–Crippen LogP) is 3.07. The van der Waals surface area contributed by atoms with Crippen molar-refractivity contribution in [3.05, 3.63) is 65.1 Å². The smallest absolute Gasteiger partial charge is 0.194 e. The molecule has 0 fully saturated rings. The summed E-state index contributed by atoms with van der Waals surface area (Å²) < 4.78 is 41.6. The van der Waals surface area contributed by atoms with Crippen molar-refractivity contribution in [3.63, 3.8) is 0 Å². The average molecular weight is 292 g/mol. The number of aliphatic hydroxyl groups excluding tert-OH is 1. The lowest BCUT2D eigenvalue weighted by molar-refractivity contribution is 0.208. The molecule has 21 heavy (non-hydrogen) atoms. The lowest BCUT2D eigenvalue weighted by Gasteiger charge is -2.10. The molecule has 1 N–H and O–H groups in total. The molecule has 108 valence electrons. The summed E-state index contributed by atoms with van der Waals surface area (Å²) >= 11 is 0. The van der Waals surface area contributed by atoms with Crippen molar-refractivity contribution in [2.45, 2.75) is 6.10 Å². The summed E-state index contributed by atoms with van der Waals surface area (Å²) in [4.78, 5) is 0. The second kappa shape index (κ2) is 4.89. The fourth-order valence-corrected chi connectivity index (χ4v) is 2.34. The molecule has 0 saturated heterocycles. The van der Waals surface area contributed by atoms with Crippen molar-refractivity contribution in [2.24, 2.45) is 7.05 Å². The Hall–Kier alpha value is -2.34. The van der Waals surface area contributed by atoms with E-state index in [-0.39, 0.29) is 11.3 Å². The van der Waals surface area contributed by atoms with Crippen molar-refractivity contribution < 1.29 is 18.3 Å². The van der Waals surface area contributed by atoms with E-state index in [4.69, 9.17) is 0 Å². The molecule has 1 atom stereocenters. The fourth-order valence-electron chi connectivity index (χ4n) is 2.34. The number of para-hydroxylation sites is 1. The molecule has 3 aromatic rings. The van der Waals surface area contributed by atoms with Gasteiger partial charge in [0, 0.05) is 18.0 Å². The first kappa shape index (κ1) is 13.6. The second-order valence-electron chi connectivity index (χ2n) is 4.69. The first-order chi connectivity index (χ1) is 10.0. The highest BCUT2D eigenvalue weighted by molar-refractivity contribution is 5.82. The first-order valence-electron chi connectivity index (χ1n) is 6.23. The molecule has 3 nitrogen and oxygen atoms in total. The van der Waals surface area contributed by atoms with Crippen LogP contribution in [0.5, 0.6) is 0 Å². The predicted molar refractivity (Wildman–Crippen MR) is 71.1 cm³/mol. The third kappa shape index (κ3) is 2.08. The van der Waals surface area contributed by atoms with Crippen LogP contribution in [0.3, 0.4) is 0 Å². The number of aliphatic hydroxyl groups is 1. The minimum atomic E-state index is -1.60. The number of benzene rings is 2. The van der Waals surface area contributed by atoms with E-state index in [0.29, 0.717) is 5.39 Å². The second-order valence-corrected chi connectivity index (χ2v) is 4.69. The Morgan fingerprint density at radius 2 is 1.76 bits per heavy atom. The van der Waals surface area contributed by atoms with Crippen molar-refractivity contribution in [1.82, 2.24) is 9.78 Å². The zero-order chi connectivity index (χ0) is 15.1. The molecule has 0 amide bonds. The van der Waals surface area contributed by atoms with E-state index in [0.717, 1.165) is 17.6 Å². The molecule has 0 aliphatic carbocycles. The van der Waals surface area contributed by atoms with E-state index < -0.39 is 23.6 Å². The molecule has 0 bridgehead atoms. The molecular formula is C15H11F3N2O. The van der Waals surface area contributed by atoms with Crippen LogP contribution in [0.15, 0.2) is 36.4 Å². The third-order valence-electron chi connectivity index (χ3n) is 3.41. The SMILES string of the molecule is Cn1nc(C(O)c2ccc(F)c(F)c2F)c2ccccc21. The summed E-state index contributed by atoms with van der Waals surface area (Å²) in [5, 5.41) is 15.1. The highest BCUT2D eigenvalue weighted by Crippen LogP contribution is 2.30. The van der Waals surface area contributed by atoms with Gasteiger partial charge in [-0.1, -0.05) is 18.2 Å². The lowest BCUT2D eigenvalue weighted by Crippen LogP contribution is -2.07. The molecule has 0 saturated carbocycles. The number of nitrogens with zero attached hydrogens (tertiary/aromatic N) is 2. The number of aromatic nitrogens is 2. The maximum atomic E-state index is 13.8. The van der Waals surface area contributed by atoms with Gasteiger partial charge in [-0.25, -0.2) is 13.2 Å². The highest BCUT2D eigenvalue weighted by Gasteiger charge is 2.24. The van der Waals surface area contributed by atoms with Crippen LogP contribution in [-0.2, 0) is 7.05 Å². The number of hydrogen-bond donors (Lipinski definition) is 1. The topological polar surface area (TPSA) is 38.0 Å². The fraction of sp³-hybridized carbons (Fsp3) is 0.133. The monoisotopic (exact) mass is 292 g/mol. The van der Waals surface area contributed by atoms with Gasteiger partial charge >= 0.3 is 0 Å². The Bertz CT molecular complexity index is 829. The summed E-state index contributed by atoms with van der Waals surface area (Å²) in [5.74, 6) is -4.31. The van der Waals surface area contributed by atoms with Crippen LogP contribution in [-0.4, -0.2) is 14.9 Å². The summed E-state index contributed by atoms with van der Waals surface area (Å²) in [5.41, 5.74) is 0.588. The summed E-state index contributed by atoms with van der Waals surface area (Å²) in [7, 11) is 1.68. The molecule has 0 spiro atoms. The number of fused-ring (bicyclic) bond motifs is 1. The molecule has 1 heterocycles. The van der Waals surface area contributed by atoms with E-state index in [9.17, 15) is 18.3 Å². The molecule has 0 aliphatic heterocycles. The molecule has 2 aromatic carbocycles. The molecule has 0 radical (unpaired) electrons. The maximum absolute atomic E-state index is 13.8. The molecule has 0 aliphatic rings. The quantitative estimate of drug-likeness (QED) is 0.737. The molecular weight excluding hydrogens is 281 g/mol. The van der Waals surface area contributed by atoms with Crippen LogP contribution < -0.4 is 0 Å². The largest absolute Gasteiger partial charge is 0.382 e. The van der Waals surface area contributed by atoms with Gasteiger partial charge < -0.3 is 5.11 Å². The van der Waals surface area contributed by atoms with Crippen LogP contribution >= 0.6 is 0 Å². The van der Waals surface area contributed by atoms with Crippen LogP contribution in [0, 0.1) is 17.5 Å². The van der Waals surface area contributed by atoms with Gasteiger partial charge in [-0.15, -0.1) is 0 Å². The van der Waals surface area contributed by atoms with Gasteiger partial charge in [0.25, 0.3) is 0 Å². The van der Waals surface area contributed by atoms with Gasteiger partial charge in [0.05, 0.1) is 5.52 Å². The molecule has 1 unspecified atom stereocenters. The molecule has 3 rings (SSSR count). The average Bonchev–Trinajstić information content (AvgIpc) is 2.82. The van der Waals surface area contributed by atoms with Crippen molar-refractivity contribution in [2.75, 3.05) is 0 Å². The Balaban J connectivity index is 2.17. The van der Waals surface area contributed by atoms with Crippen molar-refractivity contribution >= 4 is 10.9 Å². The Labute approximate surface area is 118 Å². The van der Waals surface area contributed by atoms with E-state index in [1.165, 1.54) is 4.68 Å². The van der Waals surface area contributed by atoms with E-state index in [1.54, 1.807) is 31.3 Å². The van der Waals surface area contributed by atoms with E-state index >= 15 is 0 Å². The first-order valence-corrected chi connectivity index (χ1v) is 6.23. The van der Waals surface area contributed by atoms with Gasteiger partial charge in [0.15, 0.2) is 17.5 Å². The van der Waals surface area contributed by atoms with Gasteiger partial charge in [-0.2, -0.15) is 5.10 Å². The highest BCUT2D eigenvalue weighted by atomic mass is 19.2. The Morgan fingerprint density at radius 1 is 1.05 bits per heavy atom. The van der Waals surface area contributed by atoms with Gasteiger partial charge in [-0.05, 0) is 18.2 Å². The summed E-state index contributed by atoms with van der Waals surface area (Å²) in [6.45, 7) is 0. The van der Waals surface area contributed by atoms with Crippen LogP contribution in [0.4, 0.5) is 13.2 Å². The zero-order valence-corrected chi connectivity index (χ0v) is 11.0. The number of rotatable bonds is 2. The van der Waals surface area contributed by atoms with Gasteiger partial charge in [-0.3, -0.25) is 4.68 Å². The zero-order valence-electron chi connectivity index (χ0n) is 11.0. The van der Waals surface area contributed by atoms with Crippen molar-refractivity contribution in [3.8, 4) is 0 Å². The minimum Gasteiger partial charge on any atom is -0.382 e. The molecule has 6 heteroatoms. The minimum absolute atomic E-state index is 0.193. The normalized spacial score (nSPS) is 12.8. The van der Waals surface area contributed by atoms with E-state index in [2.05, 4.69) is 5.10 Å². The van der Waals surface area contributed by atoms with Crippen LogP contribution in [0.25, 0.3) is 10.9 Å². The van der Waals surface area contributed by atoms with Crippen molar-refractivity contribution in [1.29, 1.82) is 0 Å².